The summed E-state index contributed by atoms with van der Waals surface area (Å²) in [6.45, 7) is 3.88. The van der Waals surface area contributed by atoms with Crippen LogP contribution < -0.4 is 10.6 Å². The molecule has 2 aromatic rings. The zero-order valence-electron chi connectivity index (χ0n) is 16.0. The second-order valence-electron chi connectivity index (χ2n) is 6.34. The Bertz CT molecular complexity index is 916. The van der Waals surface area contributed by atoms with Crippen LogP contribution in [0.1, 0.15) is 18.1 Å². The van der Waals surface area contributed by atoms with Gasteiger partial charge in [0.1, 0.15) is 5.82 Å². The van der Waals surface area contributed by atoms with Crippen molar-refractivity contribution in [3.63, 3.8) is 0 Å². The van der Waals surface area contributed by atoms with Gasteiger partial charge in [0, 0.05) is 30.9 Å². The van der Waals surface area contributed by atoms with Gasteiger partial charge in [0.25, 0.3) is 0 Å². The highest BCUT2D eigenvalue weighted by atomic mass is 35.5. The van der Waals surface area contributed by atoms with Gasteiger partial charge < -0.3 is 10.6 Å². The van der Waals surface area contributed by atoms with Crippen molar-refractivity contribution in [1.82, 2.24) is 10.6 Å². The van der Waals surface area contributed by atoms with Gasteiger partial charge in [0.15, 0.2) is 15.8 Å². The van der Waals surface area contributed by atoms with Gasteiger partial charge in [0.05, 0.1) is 4.90 Å². The molecule has 0 heterocycles. The van der Waals surface area contributed by atoms with Gasteiger partial charge in [-0.05, 0) is 55.2 Å². The standard InChI is InChI=1S/C20H25ClFN3O2S/c1-3-23-20(25-13-11-16-6-7-17(22)14-19(16)21)24-12-10-15-4-8-18(9-5-15)28(2,26)27/h4-9,14H,3,10-13H2,1-2H3,(H2,23,24,25). The van der Waals surface area contributed by atoms with E-state index in [0.717, 1.165) is 24.1 Å². The first kappa shape index (κ1) is 22.2. The van der Waals surface area contributed by atoms with E-state index in [1.807, 2.05) is 19.1 Å². The lowest BCUT2D eigenvalue weighted by Crippen LogP contribution is -2.38. The van der Waals surface area contributed by atoms with Gasteiger partial charge in [-0.1, -0.05) is 29.8 Å². The van der Waals surface area contributed by atoms with Crippen LogP contribution >= 0.6 is 11.6 Å². The first-order chi connectivity index (χ1) is 13.3. The Hall–Kier alpha value is -2.12. The lowest BCUT2D eigenvalue weighted by molar-refractivity contribution is 0.602. The van der Waals surface area contributed by atoms with E-state index < -0.39 is 9.84 Å². The highest BCUT2D eigenvalue weighted by Gasteiger charge is 2.06. The van der Waals surface area contributed by atoms with E-state index in [4.69, 9.17) is 11.6 Å². The molecule has 0 saturated carbocycles. The highest BCUT2D eigenvalue weighted by Crippen LogP contribution is 2.17. The molecule has 0 saturated heterocycles. The Morgan fingerprint density at radius 2 is 1.82 bits per heavy atom. The number of halogens is 2. The Balaban J connectivity index is 1.87. The predicted octanol–water partition coefficient (Wildman–Crippen LogP) is 3.22. The minimum Gasteiger partial charge on any atom is -0.357 e. The maximum Gasteiger partial charge on any atom is 0.191 e. The van der Waals surface area contributed by atoms with E-state index in [2.05, 4.69) is 15.6 Å². The molecule has 0 radical (unpaired) electrons. The van der Waals surface area contributed by atoms with Crippen molar-refractivity contribution in [2.75, 3.05) is 25.9 Å². The van der Waals surface area contributed by atoms with Crippen molar-refractivity contribution in [1.29, 1.82) is 0 Å². The van der Waals surface area contributed by atoms with E-state index in [9.17, 15) is 12.8 Å². The monoisotopic (exact) mass is 425 g/mol. The lowest BCUT2D eigenvalue weighted by atomic mass is 10.1. The topological polar surface area (TPSA) is 70.6 Å². The first-order valence-corrected chi connectivity index (χ1v) is 11.3. The molecule has 0 aliphatic heterocycles. The minimum atomic E-state index is -3.17. The average Bonchev–Trinajstić information content (AvgIpc) is 2.63. The van der Waals surface area contributed by atoms with Gasteiger partial charge in [-0.2, -0.15) is 0 Å². The fourth-order valence-corrected chi connectivity index (χ4v) is 3.48. The third kappa shape index (κ3) is 7.13. The molecule has 2 N–H and O–H groups in total. The van der Waals surface area contributed by atoms with E-state index >= 15 is 0 Å². The molecular weight excluding hydrogens is 401 g/mol. The first-order valence-electron chi connectivity index (χ1n) is 9.04. The maximum atomic E-state index is 13.1. The number of sulfone groups is 1. The van der Waals surface area contributed by atoms with E-state index in [1.165, 1.54) is 18.4 Å². The molecule has 0 aromatic heterocycles. The second kappa shape index (κ2) is 10.4. The number of benzene rings is 2. The summed E-state index contributed by atoms with van der Waals surface area (Å²) in [5.74, 6) is 0.338. The summed E-state index contributed by atoms with van der Waals surface area (Å²) in [5.41, 5.74) is 1.89. The molecule has 152 valence electrons. The average molecular weight is 426 g/mol. The summed E-state index contributed by atoms with van der Waals surface area (Å²) >= 11 is 6.04. The summed E-state index contributed by atoms with van der Waals surface area (Å²) in [4.78, 5) is 4.83. The van der Waals surface area contributed by atoms with Gasteiger partial charge in [-0.15, -0.1) is 0 Å². The van der Waals surface area contributed by atoms with Gasteiger partial charge in [-0.3, -0.25) is 4.99 Å². The van der Waals surface area contributed by atoms with Crippen LogP contribution in [0.2, 0.25) is 5.02 Å². The molecule has 0 atom stereocenters. The summed E-state index contributed by atoms with van der Waals surface area (Å²) in [6.07, 6.45) is 2.54. The van der Waals surface area contributed by atoms with Crippen LogP contribution in [0.4, 0.5) is 4.39 Å². The van der Waals surface area contributed by atoms with E-state index in [-0.39, 0.29) is 5.82 Å². The van der Waals surface area contributed by atoms with E-state index in [1.54, 1.807) is 18.2 Å². The number of guanidine groups is 1. The van der Waals surface area contributed by atoms with Crippen LogP contribution in [0, 0.1) is 5.82 Å². The molecule has 0 aliphatic rings. The summed E-state index contributed by atoms with van der Waals surface area (Å²) < 4.78 is 36.1. The molecular formula is C20H25ClFN3O2S. The number of rotatable bonds is 8. The molecule has 0 amide bonds. The van der Waals surface area contributed by atoms with Crippen molar-refractivity contribution >= 4 is 27.4 Å². The number of nitrogens with one attached hydrogen (secondary N) is 2. The van der Waals surface area contributed by atoms with Gasteiger partial charge in [-0.25, -0.2) is 12.8 Å². The molecule has 5 nitrogen and oxygen atoms in total. The van der Waals surface area contributed by atoms with Crippen LogP contribution in [0.25, 0.3) is 0 Å². The molecule has 0 fully saturated rings. The number of hydrogen-bond acceptors (Lipinski definition) is 3. The van der Waals surface area contributed by atoms with Crippen molar-refractivity contribution in [2.24, 2.45) is 4.99 Å². The van der Waals surface area contributed by atoms with Crippen molar-refractivity contribution in [2.45, 2.75) is 24.7 Å². The molecule has 28 heavy (non-hydrogen) atoms. The molecule has 0 aliphatic carbocycles. The predicted molar refractivity (Wildman–Crippen MR) is 112 cm³/mol. The Morgan fingerprint density at radius 1 is 1.11 bits per heavy atom. The minimum absolute atomic E-state index is 0.318. The van der Waals surface area contributed by atoms with Crippen LogP contribution in [0.3, 0.4) is 0 Å². The smallest absolute Gasteiger partial charge is 0.191 e. The SMILES string of the molecule is CCNC(=NCCc1ccc(F)cc1Cl)NCCc1ccc(S(C)(=O)=O)cc1. The molecule has 0 unspecified atom stereocenters. The third-order valence-corrected chi connectivity index (χ3v) is 5.55. The van der Waals surface area contributed by atoms with E-state index in [0.29, 0.717) is 35.4 Å². The zero-order chi connectivity index (χ0) is 20.6. The molecule has 8 heteroatoms. The summed E-state index contributed by atoms with van der Waals surface area (Å²) in [5, 5.41) is 6.83. The van der Waals surface area contributed by atoms with Crippen LogP contribution in [0.15, 0.2) is 52.4 Å². The Morgan fingerprint density at radius 3 is 2.43 bits per heavy atom. The van der Waals surface area contributed by atoms with Crippen LogP contribution in [-0.2, 0) is 22.7 Å². The quantitative estimate of drug-likeness (QED) is 0.503. The van der Waals surface area contributed by atoms with Crippen LogP contribution in [0.5, 0.6) is 0 Å². The normalized spacial score (nSPS) is 12.1. The third-order valence-electron chi connectivity index (χ3n) is 4.07. The second-order valence-corrected chi connectivity index (χ2v) is 8.76. The van der Waals surface area contributed by atoms with Gasteiger partial charge >= 0.3 is 0 Å². The summed E-state index contributed by atoms with van der Waals surface area (Å²) in [6, 6.07) is 11.3. The number of hydrogen-bond donors (Lipinski definition) is 2. The summed E-state index contributed by atoms with van der Waals surface area (Å²) in [7, 11) is -3.17. The van der Waals surface area contributed by atoms with Crippen molar-refractivity contribution < 1.29 is 12.8 Å². The molecule has 2 aromatic carbocycles. The van der Waals surface area contributed by atoms with Gasteiger partial charge in [0.2, 0.25) is 0 Å². The largest absolute Gasteiger partial charge is 0.357 e. The molecule has 2 rings (SSSR count). The fraction of sp³-hybridized carbons (Fsp3) is 0.350. The molecule has 0 spiro atoms. The lowest BCUT2D eigenvalue weighted by Gasteiger charge is -2.12. The Labute approximate surface area is 170 Å². The number of aliphatic imine (C=N–C) groups is 1. The molecule has 0 bridgehead atoms. The van der Waals surface area contributed by atoms with Crippen molar-refractivity contribution in [3.05, 3.63) is 64.4 Å². The highest BCUT2D eigenvalue weighted by molar-refractivity contribution is 7.90. The number of nitrogens with zero attached hydrogens (tertiary/aromatic N) is 1. The zero-order valence-corrected chi connectivity index (χ0v) is 17.6. The Kier molecular flexibility index (Phi) is 8.26. The van der Waals surface area contributed by atoms with Crippen LogP contribution in [-0.4, -0.2) is 40.3 Å². The van der Waals surface area contributed by atoms with Crippen molar-refractivity contribution in [3.8, 4) is 0 Å². The fourth-order valence-electron chi connectivity index (χ4n) is 2.58. The maximum absolute atomic E-state index is 13.1.